The zero-order valence-corrected chi connectivity index (χ0v) is 18.5. The fraction of sp³-hybridized carbons (Fsp3) is 0.409. The number of ether oxygens (including phenoxy) is 1. The van der Waals surface area contributed by atoms with Crippen LogP contribution >= 0.6 is 0 Å². The second-order valence-electron chi connectivity index (χ2n) is 7.35. The number of sulfonamides is 1. The summed E-state index contributed by atoms with van der Waals surface area (Å²) in [4.78, 5) is 12.9. The minimum absolute atomic E-state index is 0.0575. The van der Waals surface area contributed by atoms with Crippen molar-refractivity contribution in [2.45, 2.75) is 52.8 Å². The van der Waals surface area contributed by atoms with Crippen LogP contribution in [0, 0.1) is 6.92 Å². The normalized spacial score (nSPS) is 12.5. The number of rotatable bonds is 9. The van der Waals surface area contributed by atoms with Gasteiger partial charge in [-0.25, -0.2) is 8.42 Å². The van der Waals surface area contributed by atoms with Crippen LogP contribution in [0.3, 0.4) is 0 Å². The lowest BCUT2D eigenvalue weighted by Gasteiger charge is -2.30. The van der Waals surface area contributed by atoms with Crippen LogP contribution in [0.1, 0.15) is 38.3 Å². The molecule has 1 amide bonds. The van der Waals surface area contributed by atoms with Crippen LogP contribution < -0.4 is 14.4 Å². The molecule has 0 aliphatic carbocycles. The van der Waals surface area contributed by atoms with E-state index in [0.29, 0.717) is 12.1 Å². The van der Waals surface area contributed by atoms with E-state index in [1.807, 2.05) is 57.2 Å². The van der Waals surface area contributed by atoms with Crippen LogP contribution in [-0.4, -0.2) is 32.7 Å². The lowest BCUT2D eigenvalue weighted by molar-refractivity contribution is -0.122. The molecule has 0 saturated heterocycles. The number of hydrogen-bond acceptors (Lipinski definition) is 4. The standard InChI is InChI=1S/C22H30N2O4S/c1-6-21(24(29(5,26)27)19-12-10-17(4)11-13-19)22(25)23-15-18-8-7-9-20(14-18)28-16(2)3/h7-14,16,21H,6,15H2,1-5H3,(H,23,25). The van der Waals surface area contributed by atoms with Gasteiger partial charge in [0.25, 0.3) is 0 Å². The van der Waals surface area contributed by atoms with E-state index in [1.54, 1.807) is 19.1 Å². The number of carbonyl (C=O) groups is 1. The molecule has 0 aliphatic rings. The Hall–Kier alpha value is -2.54. The highest BCUT2D eigenvalue weighted by Crippen LogP contribution is 2.23. The average Bonchev–Trinajstić information content (AvgIpc) is 2.64. The van der Waals surface area contributed by atoms with Gasteiger partial charge in [-0.15, -0.1) is 0 Å². The summed E-state index contributed by atoms with van der Waals surface area (Å²) in [5.41, 5.74) is 2.38. The Kier molecular flexibility index (Phi) is 7.67. The fourth-order valence-corrected chi connectivity index (χ4v) is 4.27. The number of benzene rings is 2. The van der Waals surface area contributed by atoms with E-state index < -0.39 is 16.1 Å². The molecular weight excluding hydrogens is 388 g/mol. The molecule has 0 fully saturated rings. The van der Waals surface area contributed by atoms with Crippen LogP contribution in [0.25, 0.3) is 0 Å². The molecule has 0 radical (unpaired) electrons. The SMILES string of the molecule is CCC(C(=O)NCc1cccc(OC(C)C)c1)N(c1ccc(C)cc1)S(C)(=O)=O. The molecule has 1 atom stereocenters. The summed E-state index contributed by atoms with van der Waals surface area (Å²) in [5.74, 6) is 0.393. The highest BCUT2D eigenvalue weighted by atomic mass is 32.2. The summed E-state index contributed by atoms with van der Waals surface area (Å²) in [6, 6.07) is 13.8. The number of carbonyl (C=O) groups excluding carboxylic acids is 1. The van der Waals surface area contributed by atoms with Crippen molar-refractivity contribution in [3.05, 3.63) is 59.7 Å². The van der Waals surface area contributed by atoms with Gasteiger partial charge in [0.15, 0.2) is 0 Å². The van der Waals surface area contributed by atoms with Gasteiger partial charge in [0.1, 0.15) is 11.8 Å². The number of hydrogen-bond donors (Lipinski definition) is 1. The molecule has 2 aromatic rings. The van der Waals surface area contributed by atoms with Gasteiger partial charge in [0.05, 0.1) is 18.0 Å². The quantitative estimate of drug-likeness (QED) is 0.675. The number of nitrogens with one attached hydrogen (secondary N) is 1. The molecule has 0 saturated carbocycles. The monoisotopic (exact) mass is 418 g/mol. The van der Waals surface area contributed by atoms with Crippen molar-refractivity contribution in [1.29, 1.82) is 0 Å². The van der Waals surface area contributed by atoms with Crippen molar-refractivity contribution < 1.29 is 17.9 Å². The molecule has 0 aromatic heterocycles. The van der Waals surface area contributed by atoms with E-state index in [0.717, 1.165) is 23.1 Å². The van der Waals surface area contributed by atoms with Crippen LogP contribution in [-0.2, 0) is 21.4 Å². The minimum Gasteiger partial charge on any atom is -0.491 e. The van der Waals surface area contributed by atoms with Gasteiger partial charge >= 0.3 is 0 Å². The van der Waals surface area contributed by atoms with Gasteiger partial charge in [-0.05, 0) is 57.0 Å². The molecule has 158 valence electrons. The van der Waals surface area contributed by atoms with E-state index in [2.05, 4.69) is 5.32 Å². The van der Waals surface area contributed by atoms with Gasteiger partial charge < -0.3 is 10.1 Å². The van der Waals surface area contributed by atoms with E-state index in [9.17, 15) is 13.2 Å². The Morgan fingerprint density at radius 3 is 2.34 bits per heavy atom. The lowest BCUT2D eigenvalue weighted by atomic mass is 10.1. The second-order valence-corrected chi connectivity index (χ2v) is 9.21. The van der Waals surface area contributed by atoms with Crippen LogP contribution in [0.2, 0.25) is 0 Å². The maximum Gasteiger partial charge on any atom is 0.244 e. The predicted molar refractivity (Wildman–Crippen MR) is 117 cm³/mol. The first-order chi connectivity index (χ1) is 13.6. The predicted octanol–water partition coefficient (Wildman–Crippen LogP) is 3.64. The molecule has 0 spiro atoms. The molecule has 0 aliphatic heterocycles. The topological polar surface area (TPSA) is 75.7 Å². The molecule has 0 heterocycles. The highest BCUT2D eigenvalue weighted by Gasteiger charge is 2.31. The molecule has 29 heavy (non-hydrogen) atoms. The molecule has 6 nitrogen and oxygen atoms in total. The first-order valence-corrected chi connectivity index (χ1v) is 11.6. The van der Waals surface area contributed by atoms with Crippen molar-refractivity contribution in [2.75, 3.05) is 10.6 Å². The zero-order chi connectivity index (χ0) is 21.6. The molecular formula is C22H30N2O4S. The summed E-state index contributed by atoms with van der Waals surface area (Å²) in [5, 5.41) is 2.86. The van der Waals surface area contributed by atoms with Crippen molar-refractivity contribution in [1.82, 2.24) is 5.32 Å². The lowest BCUT2D eigenvalue weighted by Crippen LogP contribution is -2.49. The zero-order valence-electron chi connectivity index (χ0n) is 17.7. The van der Waals surface area contributed by atoms with Crippen molar-refractivity contribution >= 4 is 21.6 Å². The largest absolute Gasteiger partial charge is 0.491 e. The molecule has 1 unspecified atom stereocenters. The minimum atomic E-state index is -3.64. The first-order valence-electron chi connectivity index (χ1n) is 9.71. The molecule has 0 bridgehead atoms. The van der Waals surface area contributed by atoms with Gasteiger partial charge in [0, 0.05) is 6.54 Å². The number of nitrogens with zero attached hydrogens (tertiary/aromatic N) is 1. The summed E-state index contributed by atoms with van der Waals surface area (Å²) in [6.45, 7) is 7.91. The molecule has 2 aromatic carbocycles. The molecule has 7 heteroatoms. The van der Waals surface area contributed by atoms with Gasteiger partial charge in [-0.2, -0.15) is 0 Å². The maximum absolute atomic E-state index is 12.9. The number of aryl methyl sites for hydroxylation is 1. The van der Waals surface area contributed by atoms with Crippen LogP contribution in [0.4, 0.5) is 5.69 Å². The van der Waals surface area contributed by atoms with Crippen LogP contribution in [0.5, 0.6) is 5.75 Å². The van der Waals surface area contributed by atoms with E-state index in [-0.39, 0.29) is 18.6 Å². The Labute approximate surface area is 173 Å². The summed E-state index contributed by atoms with van der Waals surface area (Å²) in [6.07, 6.45) is 1.53. The Morgan fingerprint density at radius 2 is 1.79 bits per heavy atom. The third-order valence-electron chi connectivity index (χ3n) is 4.36. The Morgan fingerprint density at radius 1 is 1.14 bits per heavy atom. The summed E-state index contributed by atoms with van der Waals surface area (Å²) >= 11 is 0. The smallest absolute Gasteiger partial charge is 0.244 e. The van der Waals surface area contributed by atoms with Gasteiger partial charge in [0.2, 0.25) is 15.9 Å². The third kappa shape index (κ3) is 6.49. The number of amides is 1. The van der Waals surface area contributed by atoms with Gasteiger partial charge in [-0.3, -0.25) is 9.10 Å². The van der Waals surface area contributed by atoms with Crippen LogP contribution in [0.15, 0.2) is 48.5 Å². The average molecular weight is 419 g/mol. The van der Waals surface area contributed by atoms with E-state index in [1.165, 1.54) is 4.31 Å². The number of anilines is 1. The Balaban J connectivity index is 2.18. The maximum atomic E-state index is 12.9. The summed E-state index contributed by atoms with van der Waals surface area (Å²) < 4.78 is 31.8. The summed E-state index contributed by atoms with van der Waals surface area (Å²) in [7, 11) is -3.64. The first kappa shape index (κ1) is 22.7. The molecule has 2 rings (SSSR count). The fourth-order valence-electron chi connectivity index (χ4n) is 3.06. The van der Waals surface area contributed by atoms with E-state index >= 15 is 0 Å². The second kappa shape index (κ2) is 9.78. The van der Waals surface area contributed by atoms with Crippen molar-refractivity contribution in [2.24, 2.45) is 0 Å². The van der Waals surface area contributed by atoms with Gasteiger partial charge in [-0.1, -0.05) is 36.8 Å². The third-order valence-corrected chi connectivity index (χ3v) is 5.54. The van der Waals surface area contributed by atoms with E-state index in [4.69, 9.17) is 4.74 Å². The Bertz CT molecular complexity index is 924. The highest BCUT2D eigenvalue weighted by molar-refractivity contribution is 7.92. The molecule has 1 N–H and O–H groups in total. The van der Waals surface area contributed by atoms with Crippen molar-refractivity contribution in [3.8, 4) is 5.75 Å². The van der Waals surface area contributed by atoms with Crippen molar-refractivity contribution in [3.63, 3.8) is 0 Å².